The van der Waals surface area contributed by atoms with Crippen molar-refractivity contribution in [1.82, 2.24) is 9.78 Å². The first-order chi connectivity index (χ1) is 13.4. The summed E-state index contributed by atoms with van der Waals surface area (Å²) in [6, 6.07) is 14.3. The molecular formula is C20H13Cl3N2O2S. The number of rotatable bonds is 4. The van der Waals surface area contributed by atoms with Crippen LogP contribution >= 0.6 is 46.1 Å². The van der Waals surface area contributed by atoms with Gasteiger partial charge in [-0.15, -0.1) is 11.3 Å². The van der Waals surface area contributed by atoms with E-state index in [0.29, 0.717) is 19.9 Å². The van der Waals surface area contributed by atoms with Gasteiger partial charge in [-0.2, -0.15) is 5.10 Å². The number of aryl methyl sites for hydroxylation is 1. The van der Waals surface area contributed by atoms with Crippen molar-refractivity contribution in [3.63, 3.8) is 0 Å². The number of aromatic nitrogens is 2. The Morgan fingerprint density at radius 1 is 1.07 bits per heavy atom. The number of halogens is 3. The lowest BCUT2D eigenvalue weighted by Gasteiger charge is -2.05. The second-order valence-corrected chi connectivity index (χ2v) is 8.41. The zero-order valence-electron chi connectivity index (χ0n) is 14.6. The van der Waals surface area contributed by atoms with Crippen LogP contribution in [0.1, 0.15) is 20.9 Å². The molecule has 0 atom stereocenters. The Bertz CT molecular complexity index is 1180. The Morgan fingerprint density at radius 3 is 2.54 bits per heavy atom. The topological polar surface area (TPSA) is 44.1 Å². The molecule has 8 heteroatoms. The van der Waals surface area contributed by atoms with Crippen molar-refractivity contribution in [2.75, 3.05) is 0 Å². The van der Waals surface area contributed by atoms with Gasteiger partial charge in [0.2, 0.25) is 0 Å². The van der Waals surface area contributed by atoms with Crippen molar-refractivity contribution < 1.29 is 9.53 Å². The third-order valence-corrected chi connectivity index (χ3v) is 6.25. The Kier molecular flexibility index (Phi) is 5.34. The van der Waals surface area contributed by atoms with E-state index in [2.05, 4.69) is 5.10 Å². The summed E-state index contributed by atoms with van der Waals surface area (Å²) in [6.45, 7) is 2.03. The van der Waals surface area contributed by atoms with Crippen LogP contribution in [0.25, 0.3) is 15.9 Å². The average molecular weight is 452 g/mol. The van der Waals surface area contributed by atoms with Gasteiger partial charge in [-0.3, -0.25) is 0 Å². The number of nitrogens with zero attached hydrogens (tertiary/aromatic N) is 2. The second-order valence-electron chi connectivity index (χ2n) is 6.13. The van der Waals surface area contributed by atoms with Crippen molar-refractivity contribution in [3.8, 4) is 5.69 Å². The van der Waals surface area contributed by atoms with Crippen LogP contribution in [-0.4, -0.2) is 15.7 Å². The number of esters is 1. The standard InChI is InChI=1S/C20H13Cl3N2O2S/c1-11-15-9-18(20(26)27-10-12-2-7-16(22)17(23)8-12)28-19(15)25(24-11)14-5-3-13(21)4-6-14/h2-9H,10H2,1H3. The van der Waals surface area contributed by atoms with Gasteiger partial charge in [0.15, 0.2) is 0 Å². The van der Waals surface area contributed by atoms with Crippen molar-refractivity contribution in [2.24, 2.45) is 0 Å². The predicted molar refractivity (Wildman–Crippen MR) is 114 cm³/mol. The van der Waals surface area contributed by atoms with Crippen molar-refractivity contribution in [1.29, 1.82) is 0 Å². The van der Waals surface area contributed by atoms with Crippen molar-refractivity contribution >= 4 is 62.3 Å². The predicted octanol–water partition coefficient (Wildman–Crippen LogP) is 6.71. The van der Waals surface area contributed by atoms with E-state index in [9.17, 15) is 4.79 Å². The highest BCUT2D eigenvalue weighted by Crippen LogP contribution is 2.31. The second kappa shape index (κ2) is 7.76. The molecule has 0 N–H and O–H groups in total. The third kappa shape index (κ3) is 3.76. The molecule has 0 amide bonds. The molecule has 0 aliphatic rings. The van der Waals surface area contributed by atoms with E-state index < -0.39 is 5.97 Å². The number of ether oxygens (including phenoxy) is 1. The zero-order valence-corrected chi connectivity index (χ0v) is 17.7. The lowest BCUT2D eigenvalue weighted by molar-refractivity contribution is 0.0478. The fourth-order valence-electron chi connectivity index (χ4n) is 2.75. The molecule has 2 heterocycles. The van der Waals surface area contributed by atoms with Crippen molar-refractivity contribution in [3.05, 3.63) is 79.7 Å². The highest BCUT2D eigenvalue weighted by molar-refractivity contribution is 7.20. The van der Waals surface area contributed by atoms with Crippen LogP contribution in [-0.2, 0) is 11.3 Å². The number of hydrogen-bond acceptors (Lipinski definition) is 4. The SMILES string of the molecule is Cc1nn(-c2ccc(Cl)cc2)c2sc(C(=O)OCc3ccc(Cl)c(Cl)c3)cc12. The summed E-state index contributed by atoms with van der Waals surface area (Å²) in [4.78, 5) is 13.9. The Hall–Kier alpha value is -2.05. The van der Waals surface area contributed by atoms with Gasteiger partial charge in [-0.05, 0) is 55.0 Å². The van der Waals surface area contributed by atoms with E-state index in [4.69, 9.17) is 39.5 Å². The minimum Gasteiger partial charge on any atom is -0.457 e. The maximum Gasteiger partial charge on any atom is 0.348 e. The Morgan fingerprint density at radius 2 is 1.82 bits per heavy atom. The molecule has 4 nitrogen and oxygen atoms in total. The number of fused-ring (bicyclic) bond motifs is 1. The molecule has 0 aliphatic heterocycles. The summed E-state index contributed by atoms with van der Waals surface area (Å²) in [5.41, 5.74) is 2.48. The van der Waals surface area contributed by atoms with E-state index >= 15 is 0 Å². The van der Waals surface area contributed by atoms with Crippen LogP contribution < -0.4 is 0 Å². The quantitative estimate of drug-likeness (QED) is 0.324. The number of carbonyl (C=O) groups is 1. The summed E-state index contributed by atoms with van der Waals surface area (Å²) in [7, 11) is 0. The van der Waals surface area contributed by atoms with E-state index in [0.717, 1.165) is 27.2 Å². The molecule has 4 aromatic rings. The van der Waals surface area contributed by atoms with Gasteiger partial charge in [-0.25, -0.2) is 9.48 Å². The highest BCUT2D eigenvalue weighted by atomic mass is 35.5. The monoisotopic (exact) mass is 450 g/mol. The summed E-state index contributed by atoms with van der Waals surface area (Å²) >= 11 is 19.2. The Balaban J connectivity index is 1.58. The van der Waals surface area contributed by atoms with E-state index in [1.165, 1.54) is 11.3 Å². The summed E-state index contributed by atoms with van der Waals surface area (Å²) in [5, 5.41) is 7.03. The minimum atomic E-state index is -0.394. The maximum atomic E-state index is 12.5. The first-order valence-electron chi connectivity index (χ1n) is 8.28. The average Bonchev–Trinajstić information content (AvgIpc) is 3.24. The molecule has 2 aromatic heterocycles. The number of carbonyl (C=O) groups excluding carboxylic acids is 1. The van der Waals surface area contributed by atoms with Gasteiger partial charge in [0.1, 0.15) is 16.3 Å². The molecule has 0 saturated carbocycles. The molecule has 0 radical (unpaired) electrons. The third-order valence-electron chi connectivity index (χ3n) is 4.17. The molecule has 0 fully saturated rings. The molecule has 0 aliphatic carbocycles. The van der Waals surface area contributed by atoms with Crippen LogP contribution in [0.4, 0.5) is 0 Å². The van der Waals surface area contributed by atoms with Gasteiger partial charge in [0.05, 0.1) is 21.4 Å². The molecular weight excluding hydrogens is 439 g/mol. The maximum absolute atomic E-state index is 12.5. The lowest BCUT2D eigenvalue weighted by atomic mass is 10.2. The summed E-state index contributed by atoms with van der Waals surface area (Å²) in [6.07, 6.45) is 0. The summed E-state index contributed by atoms with van der Waals surface area (Å²) in [5.74, 6) is -0.394. The van der Waals surface area contributed by atoms with Gasteiger partial charge in [-0.1, -0.05) is 40.9 Å². The summed E-state index contributed by atoms with van der Waals surface area (Å²) < 4.78 is 7.24. The number of thiophene rings is 1. The molecule has 0 bridgehead atoms. The molecule has 142 valence electrons. The smallest absolute Gasteiger partial charge is 0.348 e. The van der Waals surface area contributed by atoms with Crippen molar-refractivity contribution in [2.45, 2.75) is 13.5 Å². The number of hydrogen-bond donors (Lipinski definition) is 0. The lowest BCUT2D eigenvalue weighted by Crippen LogP contribution is -2.03. The normalized spacial score (nSPS) is 11.1. The molecule has 2 aromatic carbocycles. The van der Waals surface area contributed by atoms with Gasteiger partial charge < -0.3 is 4.74 Å². The molecule has 0 saturated heterocycles. The van der Waals surface area contributed by atoms with E-state index in [1.807, 2.05) is 25.1 Å². The minimum absolute atomic E-state index is 0.117. The first-order valence-corrected chi connectivity index (χ1v) is 10.2. The number of benzene rings is 2. The highest BCUT2D eigenvalue weighted by Gasteiger charge is 2.18. The molecule has 4 rings (SSSR count). The largest absolute Gasteiger partial charge is 0.457 e. The van der Waals surface area contributed by atoms with Crippen LogP contribution in [0.15, 0.2) is 48.5 Å². The van der Waals surface area contributed by atoms with Crippen LogP contribution in [0.2, 0.25) is 15.1 Å². The van der Waals surface area contributed by atoms with Gasteiger partial charge in [0.25, 0.3) is 0 Å². The van der Waals surface area contributed by atoms with Crippen LogP contribution in [0, 0.1) is 6.92 Å². The van der Waals surface area contributed by atoms with E-state index in [1.54, 1.807) is 35.0 Å². The van der Waals surface area contributed by atoms with E-state index in [-0.39, 0.29) is 6.61 Å². The van der Waals surface area contributed by atoms with Gasteiger partial charge in [0, 0.05) is 10.4 Å². The molecule has 0 spiro atoms. The first kappa shape index (κ1) is 19.3. The fourth-order valence-corrected chi connectivity index (χ4v) is 4.28. The van der Waals surface area contributed by atoms with Gasteiger partial charge >= 0.3 is 5.97 Å². The Labute approximate surface area is 180 Å². The molecule has 0 unspecified atom stereocenters. The fraction of sp³-hybridized carbons (Fsp3) is 0.100. The van der Waals surface area contributed by atoms with Crippen LogP contribution in [0.5, 0.6) is 0 Å². The zero-order chi connectivity index (χ0) is 19.8. The molecule has 28 heavy (non-hydrogen) atoms. The van der Waals surface area contributed by atoms with Crippen LogP contribution in [0.3, 0.4) is 0 Å².